The Kier molecular flexibility index (Phi) is 4.15. The summed E-state index contributed by atoms with van der Waals surface area (Å²) in [4.78, 5) is 25.5. The molecular weight excluding hydrogens is 328 g/mol. The number of methoxy groups -OCH3 is 1. The van der Waals surface area contributed by atoms with Crippen molar-refractivity contribution in [3.63, 3.8) is 0 Å². The van der Waals surface area contributed by atoms with Crippen molar-refractivity contribution in [2.75, 3.05) is 20.2 Å². The van der Waals surface area contributed by atoms with Crippen molar-refractivity contribution in [1.29, 1.82) is 0 Å². The zero-order valence-corrected chi connectivity index (χ0v) is 15.1. The monoisotopic (exact) mass is 350 g/mol. The highest BCUT2D eigenvalue weighted by Gasteiger charge is 2.25. The molecule has 134 valence electrons. The van der Waals surface area contributed by atoms with Gasteiger partial charge in [0.2, 0.25) is 5.91 Å². The average Bonchev–Trinajstić information content (AvgIpc) is 3.01. The topological polar surface area (TPSA) is 51.5 Å². The van der Waals surface area contributed by atoms with Crippen molar-refractivity contribution in [3.05, 3.63) is 48.0 Å². The summed E-state index contributed by atoms with van der Waals surface area (Å²) in [5, 5.41) is 2.33. The molecule has 0 N–H and O–H groups in total. The van der Waals surface area contributed by atoms with E-state index in [0.717, 1.165) is 36.8 Å². The number of piperidine rings is 1. The Bertz CT molecular complexity index is 997. The van der Waals surface area contributed by atoms with Crippen LogP contribution in [0.4, 0.5) is 0 Å². The smallest absolute Gasteiger partial charge is 0.337 e. The summed E-state index contributed by atoms with van der Waals surface area (Å²) in [7, 11) is 1.40. The van der Waals surface area contributed by atoms with Gasteiger partial charge in [-0.1, -0.05) is 24.3 Å². The first-order valence-corrected chi connectivity index (χ1v) is 8.96. The fourth-order valence-corrected chi connectivity index (χ4v) is 4.08. The van der Waals surface area contributed by atoms with Gasteiger partial charge in [-0.05, 0) is 31.0 Å². The van der Waals surface area contributed by atoms with E-state index < -0.39 is 0 Å². The number of aromatic nitrogens is 1. The maximum Gasteiger partial charge on any atom is 0.337 e. The zero-order chi connectivity index (χ0) is 18.3. The van der Waals surface area contributed by atoms with Crippen LogP contribution < -0.4 is 0 Å². The van der Waals surface area contributed by atoms with Gasteiger partial charge in [-0.15, -0.1) is 0 Å². The summed E-state index contributed by atoms with van der Waals surface area (Å²) in [5.74, 6) is -0.186. The van der Waals surface area contributed by atoms with Crippen LogP contribution in [-0.2, 0) is 9.53 Å². The number of fused-ring (bicyclic) bond motifs is 3. The van der Waals surface area contributed by atoms with Crippen LogP contribution in [0.1, 0.15) is 36.2 Å². The molecule has 0 spiro atoms. The van der Waals surface area contributed by atoms with Crippen LogP contribution in [0.2, 0.25) is 0 Å². The molecule has 1 aliphatic heterocycles. The van der Waals surface area contributed by atoms with Crippen molar-refractivity contribution in [3.8, 4) is 0 Å². The third-order valence-corrected chi connectivity index (χ3v) is 5.41. The van der Waals surface area contributed by atoms with E-state index in [2.05, 4.69) is 16.7 Å². The lowest BCUT2D eigenvalue weighted by atomic mass is 10.0. The first-order valence-electron chi connectivity index (χ1n) is 8.96. The predicted octanol–water partition coefficient (Wildman–Crippen LogP) is 3.76. The Morgan fingerprint density at radius 2 is 1.69 bits per heavy atom. The van der Waals surface area contributed by atoms with Gasteiger partial charge < -0.3 is 14.2 Å². The van der Waals surface area contributed by atoms with Crippen molar-refractivity contribution >= 4 is 33.7 Å². The molecule has 2 aromatic carbocycles. The zero-order valence-electron chi connectivity index (χ0n) is 15.1. The molecule has 0 bridgehead atoms. The summed E-state index contributed by atoms with van der Waals surface area (Å²) in [6, 6.07) is 14.4. The van der Waals surface area contributed by atoms with Gasteiger partial charge in [-0.2, -0.15) is 0 Å². The van der Waals surface area contributed by atoms with E-state index in [4.69, 9.17) is 4.74 Å². The first kappa shape index (κ1) is 16.6. The lowest BCUT2D eigenvalue weighted by Crippen LogP contribution is -2.37. The summed E-state index contributed by atoms with van der Waals surface area (Å²) in [6.07, 6.45) is 1.83. The van der Waals surface area contributed by atoms with Gasteiger partial charge >= 0.3 is 5.97 Å². The number of para-hydroxylation sites is 1. The molecule has 3 aromatic rings. The van der Waals surface area contributed by atoms with E-state index in [9.17, 15) is 9.59 Å². The van der Waals surface area contributed by atoms with Gasteiger partial charge in [-0.3, -0.25) is 4.79 Å². The standard InChI is InChI=1S/C21H22N2O3/c1-14(24)22-11-9-16(10-12-22)23-19-6-4-3-5-17(19)18-8-7-15(13-20(18)23)21(25)26-2/h3-8,13,16H,9-12H2,1-2H3. The normalized spacial score (nSPS) is 15.5. The van der Waals surface area contributed by atoms with Crippen LogP contribution in [0.25, 0.3) is 21.8 Å². The highest BCUT2D eigenvalue weighted by Crippen LogP contribution is 2.36. The quantitative estimate of drug-likeness (QED) is 0.661. The number of nitrogens with zero attached hydrogens (tertiary/aromatic N) is 2. The van der Waals surface area contributed by atoms with Crippen LogP contribution >= 0.6 is 0 Å². The minimum atomic E-state index is -0.324. The molecule has 4 rings (SSSR count). The molecule has 0 radical (unpaired) electrons. The van der Waals surface area contributed by atoms with Crippen LogP contribution in [0.15, 0.2) is 42.5 Å². The SMILES string of the molecule is COC(=O)c1ccc2c3ccccc3n(C3CCN(C(C)=O)CC3)c2c1. The number of hydrogen-bond donors (Lipinski definition) is 0. The van der Waals surface area contributed by atoms with E-state index in [1.54, 1.807) is 6.92 Å². The molecule has 5 nitrogen and oxygen atoms in total. The first-order chi connectivity index (χ1) is 12.6. The fraction of sp³-hybridized carbons (Fsp3) is 0.333. The number of likely N-dealkylation sites (tertiary alicyclic amines) is 1. The third-order valence-electron chi connectivity index (χ3n) is 5.41. The Hall–Kier alpha value is -2.82. The number of amides is 1. The lowest BCUT2D eigenvalue weighted by molar-refractivity contribution is -0.130. The molecule has 1 aliphatic rings. The number of ether oxygens (including phenoxy) is 1. The highest BCUT2D eigenvalue weighted by atomic mass is 16.5. The van der Waals surface area contributed by atoms with Crippen LogP contribution in [-0.4, -0.2) is 41.5 Å². The largest absolute Gasteiger partial charge is 0.465 e. The van der Waals surface area contributed by atoms with E-state index in [-0.39, 0.29) is 11.9 Å². The molecule has 2 heterocycles. The van der Waals surface area contributed by atoms with Crippen LogP contribution in [0.5, 0.6) is 0 Å². The molecule has 1 fully saturated rings. The maximum absolute atomic E-state index is 12.0. The van der Waals surface area contributed by atoms with Crippen LogP contribution in [0, 0.1) is 0 Å². The van der Waals surface area contributed by atoms with E-state index >= 15 is 0 Å². The molecule has 0 saturated carbocycles. The molecule has 1 amide bonds. The minimum Gasteiger partial charge on any atom is -0.465 e. The van der Waals surface area contributed by atoms with Crippen molar-refractivity contribution in [2.24, 2.45) is 0 Å². The molecule has 1 aromatic heterocycles. The van der Waals surface area contributed by atoms with Crippen LogP contribution in [0.3, 0.4) is 0 Å². The average molecular weight is 350 g/mol. The molecule has 0 atom stereocenters. The summed E-state index contributed by atoms with van der Waals surface area (Å²) >= 11 is 0. The van der Waals surface area contributed by atoms with Crippen molar-refractivity contribution in [1.82, 2.24) is 9.47 Å². The van der Waals surface area contributed by atoms with Crippen molar-refractivity contribution < 1.29 is 14.3 Å². The number of hydrogen-bond acceptors (Lipinski definition) is 3. The number of esters is 1. The van der Waals surface area contributed by atoms with Crippen molar-refractivity contribution in [2.45, 2.75) is 25.8 Å². The van der Waals surface area contributed by atoms with Gasteiger partial charge in [0.05, 0.1) is 18.2 Å². The summed E-state index contributed by atoms with van der Waals surface area (Å²) < 4.78 is 7.23. The minimum absolute atomic E-state index is 0.138. The second-order valence-electron chi connectivity index (χ2n) is 6.85. The molecular formula is C21H22N2O3. The number of carbonyl (C=O) groups is 2. The molecule has 5 heteroatoms. The molecule has 26 heavy (non-hydrogen) atoms. The summed E-state index contributed by atoms with van der Waals surface area (Å²) in [6.45, 7) is 3.17. The third kappa shape index (κ3) is 2.64. The van der Waals surface area contributed by atoms with E-state index in [1.165, 1.54) is 18.0 Å². The van der Waals surface area contributed by atoms with Gasteiger partial charge in [0.25, 0.3) is 0 Å². The molecule has 0 aliphatic carbocycles. The summed E-state index contributed by atoms with van der Waals surface area (Å²) in [5.41, 5.74) is 2.78. The van der Waals surface area contributed by atoms with Gasteiger partial charge in [0, 0.05) is 42.3 Å². The van der Waals surface area contributed by atoms with Gasteiger partial charge in [0.15, 0.2) is 0 Å². The maximum atomic E-state index is 12.0. The Morgan fingerprint density at radius 3 is 2.38 bits per heavy atom. The van der Waals surface area contributed by atoms with E-state index in [1.807, 2.05) is 35.2 Å². The number of rotatable bonds is 2. The highest BCUT2D eigenvalue weighted by molar-refractivity contribution is 6.09. The number of carbonyl (C=O) groups excluding carboxylic acids is 2. The fourth-order valence-electron chi connectivity index (χ4n) is 4.08. The predicted molar refractivity (Wildman–Crippen MR) is 101 cm³/mol. The van der Waals surface area contributed by atoms with E-state index in [0.29, 0.717) is 11.6 Å². The Morgan fingerprint density at radius 1 is 1.00 bits per heavy atom. The Labute approximate surface area is 152 Å². The Balaban J connectivity index is 1.85. The second-order valence-corrected chi connectivity index (χ2v) is 6.85. The second kappa shape index (κ2) is 6.48. The molecule has 0 unspecified atom stereocenters. The lowest BCUT2D eigenvalue weighted by Gasteiger charge is -2.33. The number of benzene rings is 2. The van der Waals surface area contributed by atoms with Gasteiger partial charge in [0.1, 0.15) is 0 Å². The van der Waals surface area contributed by atoms with Gasteiger partial charge in [-0.25, -0.2) is 4.79 Å². The molecule has 1 saturated heterocycles.